The Morgan fingerprint density at radius 1 is 0.792 bits per heavy atom. The summed E-state index contributed by atoms with van der Waals surface area (Å²) < 4.78 is 11.2. The third-order valence-corrected chi connectivity index (χ3v) is 8.33. The highest BCUT2D eigenvalue weighted by atomic mass is 32.1. The highest BCUT2D eigenvalue weighted by molar-refractivity contribution is 7.80. The second-order valence-corrected chi connectivity index (χ2v) is 12.7. The highest BCUT2D eigenvalue weighted by Gasteiger charge is 2.24. The number of primary amides is 1. The number of alkyl carbamates (subject to hydrolysis) is 1. The number of para-hydroxylation sites is 1. The van der Waals surface area contributed by atoms with Crippen molar-refractivity contribution in [1.82, 2.24) is 21.3 Å². The van der Waals surface area contributed by atoms with Gasteiger partial charge in [-0.1, -0.05) is 91.1 Å². The maximum absolute atomic E-state index is 13.2. The van der Waals surface area contributed by atoms with Crippen LogP contribution in [-0.2, 0) is 27.4 Å². The Labute approximate surface area is 315 Å². The second-order valence-electron chi connectivity index (χ2n) is 12.2. The summed E-state index contributed by atoms with van der Waals surface area (Å²) in [6.07, 6.45) is 1.44. The van der Waals surface area contributed by atoms with E-state index >= 15 is 0 Å². The predicted molar refractivity (Wildman–Crippen MR) is 209 cm³/mol. The lowest BCUT2D eigenvalue weighted by molar-refractivity contribution is -0.128. The molecule has 0 unspecified atom stereocenters. The van der Waals surface area contributed by atoms with Gasteiger partial charge in [0, 0.05) is 24.7 Å². The van der Waals surface area contributed by atoms with Crippen LogP contribution in [0.25, 0.3) is 0 Å². The Kier molecular flexibility index (Phi) is 16.1. The van der Waals surface area contributed by atoms with Crippen LogP contribution >= 0.6 is 12.2 Å². The van der Waals surface area contributed by atoms with Crippen LogP contribution in [0.3, 0.4) is 0 Å². The van der Waals surface area contributed by atoms with Crippen molar-refractivity contribution in [2.45, 2.75) is 51.3 Å². The predicted octanol–water partition coefficient (Wildman–Crippen LogP) is 5.15. The Morgan fingerprint density at radius 3 is 2.23 bits per heavy atom. The average molecular weight is 739 g/mol. The molecule has 4 amide bonds. The summed E-state index contributed by atoms with van der Waals surface area (Å²) in [5.74, 6) is -0.817. The number of ether oxygens (including phenoxy) is 2. The summed E-state index contributed by atoms with van der Waals surface area (Å²) in [4.78, 5) is 50.4. The van der Waals surface area contributed by atoms with Crippen molar-refractivity contribution < 1.29 is 28.7 Å². The van der Waals surface area contributed by atoms with E-state index in [1.54, 1.807) is 12.1 Å². The van der Waals surface area contributed by atoms with Gasteiger partial charge in [-0.25, -0.2) is 4.79 Å². The summed E-state index contributed by atoms with van der Waals surface area (Å²) in [5.41, 5.74) is 9.16. The van der Waals surface area contributed by atoms with Gasteiger partial charge < -0.3 is 41.8 Å². The van der Waals surface area contributed by atoms with Crippen molar-refractivity contribution in [2.24, 2.45) is 5.73 Å². The van der Waals surface area contributed by atoms with E-state index in [0.29, 0.717) is 42.2 Å². The molecule has 13 heteroatoms. The van der Waals surface area contributed by atoms with Crippen molar-refractivity contribution in [3.8, 4) is 5.75 Å². The standard InChI is InChI=1S/C40H46N6O6S/c1-28(37(41)47)44-39(49)35(46-40(50)52-27-30-15-6-3-7-16-30)21-10-11-23-42-36(53)26-43-38(48)33-19-8-9-20-34(33)45-31-17-12-18-32(25-31)51-24-22-29-13-4-2-5-14-29/h2-9,12-20,25,28,35,45H,10-11,21-24,26-27H2,1H3,(H2,41,47)(H,42,53)(H,43,48)(H,44,49)(H,46,50)/t28-,35+/m0/s1. The fourth-order valence-corrected chi connectivity index (χ4v) is 5.30. The van der Waals surface area contributed by atoms with E-state index in [0.717, 1.165) is 23.4 Å². The van der Waals surface area contributed by atoms with Crippen LogP contribution in [0.15, 0.2) is 109 Å². The highest BCUT2D eigenvalue weighted by Crippen LogP contribution is 2.24. The number of nitrogens with two attached hydrogens (primary N) is 1. The number of amides is 4. The number of anilines is 2. The van der Waals surface area contributed by atoms with Crippen LogP contribution in [0.4, 0.5) is 16.2 Å². The zero-order valence-corrected chi connectivity index (χ0v) is 30.5. The van der Waals surface area contributed by atoms with Gasteiger partial charge in [-0.3, -0.25) is 14.4 Å². The summed E-state index contributed by atoms with van der Waals surface area (Å²) >= 11 is 5.44. The first-order chi connectivity index (χ1) is 25.7. The van der Waals surface area contributed by atoms with Crippen LogP contribution in [-0.4, -0.2) is 60.6 Å². The molecule has 0 radical (unpaired) electrons. The molecule has 12 nitrogen and oxygen atoms in total. The first-order valence-electron chi connectivity index (χ1n) is 17.4. The number of rotatable bonds is 20. The number of hydrogen-bond donors (Lipinski definition) is 6. The largest absolute Gasteiger partial charge is 0.493 e. The molecular weight excluding hydrogens is 693 g/mol. The van der Waals surface area contributed by atoms with Gasteiger partial charge in [0.2, 0.25) is 11.8 Å². The van der Waals surface area contributed by atoms with Crippen LogP contribution in [0, 0.1) is 0 Å². The number of benzene rings is 4. The number of thiocarbonyl (C=S) groups is 1. The maximum atomic E-state index is 13.2. The molecule has 4 aromatic rings. The number of carbonyl (C=O) groups is 4. The molecule has 0 bridgehead atoms. The van der Waals surface area contributed by atoms with E-state index < -0.39 is 30.0 Å². The lowest BCUT2D eigenvalue weighted by atomic mass is 10.1. The van der Waals surface area contributed by atoms with Crippen molar-refractivity contribution in [1.29, 1.82) is 0 Å². The van der Waals surface area contributed by atoms with Gasteiger partial charge >= 0.3 is 6.09 Å². The van der Waals surface area contributed by atoms with E-state index in [-0.39, 0.29) is 25.5 Å². The molecule has 278 valence electrons. The monoisotopic (exact) mass is 738 g/mol. The van der Waals surface area contributed by atoms with Crippen molar-refractivity contribution in [2.75, 3.05) is 25.0 Å². The molecule has 53 heavy (non-hydrogen) atoms. The van der Waals surface area contributed by atoms with Crippen molar-refractivity contribution >= 4 is 52.4 Å². The zero-order valence-electron chi connectivity index (χ0n) is 29.6. The summed E-state index contributed by atoms with van der Waals surface area (Å²) in [5, 5.41) is 14.4. The minimum Gasteiger partial charge on any atom is -0.493 e. The van der Waals surface area contributed by atoms with Crippen molar-refractivity contribution in [3.05, 3.63) is 126 Å². The Bertz CT molecular complexity index is 1810. The van der Waals surface area contributed by atoms with E-state index in [2.05, 4.69) is 38.7 Å². The Hall–Kier alpha value is -5.95. The third kappa shape index (κ3) is 14.3. The lowest BCUT2D eigenvalue weighted by Gasteiger charge is -2.20. The molecule has 0 saturated heterocycles. The summed E-state index contributed by atoms with van der Waals surface area (Å²) in [6.45, 7) is 2.64. The normalized spacial score (nSPS) is 11.6. The van der Waals surface area contributed by atoms with E-state index in [1.165, 1.54) is 12.5 Å². The molecular formula is C40H46N6O6S. The topological polar surface area (TPSA) is 173 Å². The average Bonchev–Trinajstić information content (AvgIpc) is 3.16. The molecule has 4 rings (SSSR count). The van der Waals surface area contributed by atoms with Crippen LogP contribution in [0.1, 0.15) is 47.7 Å². The first-order valence-corrected chi connectivity index (χ1v) is 17.8. The smallest absolute Gasteiger partial charge is 0.408 e. The Balaban J connectivity index is 1.20. The van der Waals surface area contributed by atoms with Gasteiger partial charge in [0.1, 0.15) is 24.4 Å². The number of nitrogens with one attached hydrogen (secondary N) is 5. The molecule has 0 fully saturated rings. The van der Waals surface area contributed by atoms with Gasteiger partial charge in [-0.05, 0) is 61.6 Å². The van der Waals surface area contributed by atoms with Gasteiger partial charge in [-0.2, -0.15) is 0 Å². The zero-order chi connectivity index (χ0) is 37.8. The molecule has 7 N–H and O–H groups in total. The molecule has 2 atom stereocenters. The first kappa shape index (κ1) is 39.8. The number of hydrogen-bond acceptors (Lipinski definition) is 8. The summed E-state index contributed by atoms with van der Waals surface area (Å²) in [7, 11) is 0. The van der Waals surface area contributed by atoms with E-state index in [9.17, 15) is 19.2 Å². The minimum atomic E-state index is -0.949. The molecule has 0 aliphatic heterocycles. The van der Waals surface area contributed by atoms with Gasteiger partial charge in [0.05, 0.1) is 29.4 Å². The fourth-order valence-electron chi connectivity index (χ4n) is 5.12. The molecule has 0 heterocycles. The van der Waals surface area contributed by atoms with Crippen molar-refractivity contribution in [3.63, 3.8) is 0 Å². The van der Waals surface area contributed by atoms with E-state index in [1.807, 2.05) is 84.9 Å². The molecule has 0 spiro atoms. The molecule has 0 aromatic heterocycles. The Morgan fingerprint density at radius 2 is 1.49 bits per heavy atom. The van der Waals surface area contributed by atoms with Crippen LogP contribution < -0.4 is 37.1 Å². The van der Waals surface area contributed by atoms with E-state index in [4.69, 9.17) is 27.4 Å². The quantitative estimate of drug-likeness (QED) is 0.0530. The molecule has 4 aromatic carbocycles. The van der Waals surface area contributed by atoms with Crippen LogP contribution in [0.5, 0.6) is 5.75 Å². The third-order valence-electron chi connectivity index (χ3n) is 8.05. The van der Waals surface area contributed by atoms with Crippen LogP contribution in [0.2, 0.25) is 0 Å². The number of carbonyl (C=O) groups excluding carboxylic acids is 4. The summed E-state index contributed by atoms with van der Waals surface area (Å²) in [6, 6.07) is 32.2. The SMILES string of the molecule is C[C@H](NC(=O)[C@@H](CCCCNC(=S)CNC(=O)c1ccccc1Nc1cccc(OCCc2ccccc2)c1)NC(=O)OCc1ccccc1)C(N)=O. The number of unbranched alkanes of at least 4 members (excludes halogenated alkanes) is 1. The molecule has 0 aliphatic rings. The van der Waals surface area contributed by atoms with Gasteiger partial charge in [0.15, 0.2) is 0 Å². The maximum Gasteiger partial charge on any atom is 0.408 e. The fraction of sp³-hybridized carbons (Fsp3) is 0.275. The van der Waals surface area contributed by atoms with Gasteiger partial charge in [0.25, 0.3) is 5.91 Å². The second kappa shape index (κ2) is 21.4. The minimum absolute atomic E-state index is 0.0396. The van der Waals surface area contributed by atoms with Gasteiger partial charge in [-0.15, -0.1) is 0 Å². The molecule has 0 saturated carbocycles. The lowest BCUT2D eigenvalue weighted by Crippen LogP contribution is -2.52. The molecule has 0 aliphatic carbocycles.